The molecule has 0 aromatic heterocycles. The zero-order valence-electron chi connectivity index (χ0n) is 12.9. The average molecular weight is 281 g/mol. The summed E-state index contributed by atoms with van der Waals surface area (Å²) >= 11 is 0. The Labute approximate surface area is 122 Å². The minimum atomic E-state index is -0.0951. The normalized spacial score (nSPS) is 11.6. The van der Waals surface area contributed by atoms with Gasteiger partial charge in [-0.15, -0.1) is 0 Å². The largest absolute Gasteiger partial charge is 0.494 e. The molecule has 20 heavy (non-hydrogen) atoms. The summed E-state index contributed by atoms with van der Waals surface area (Å²) in [4.78, 5) is 0. The van der Waals surface area contributed by atoms with E-state index in [1.54, 1.807) is 0 Å². The minimum absolute atomic E-state index is 0.0951. The molecule has 1 rings (SSSR count). The third-order valence-corrected chi connectivity index (χ3v) is 2.62. The van der Waals surface area contributed by atoms with Crippen LogP contribution < -0.4 is 10.5 Å². The fourth-order valence-electron chi connectivity index (χ4n) is 1.58. The first-order valence-corrected chi connectivity index (χ1v) is 7.15. The fourth-order valence-corrected chi connectivity index (χ4v) is 1.58. The minimum Gasteiger partial charge on any atom is -0.494 e. The molecule has 2 N–H and O–H groups in total. The van der Waals surface area contributed by atoms with Crippen molar-refractivity contribution in [2.24, 2.45) is 5.73 Å². The van der Waals surface area contributed by atoms with Crippen LogP contribution in [0.25, 0.3) is 0 Å². The lowest BCUT2D eigenvalue weighted by Gasteiger charge is -2.19. The van der Waals surface area contributed by atoms with Gasteiger partial charge in [0.15, 0.2) is 0 Å². The summed E-state index contributed by atoms with van der Waals surface area (Å²) in [6.45, 7) is 9.28. The molecule has 114 valence electrons. The van der Waals surface area contributed by atoms with Crippen LogP contribution in [0, 0.1) is 0 Å². The van der Waals surface area contributed by atoms with Crippen molar-refractivity contribution >= 4 is 0 Å². The second kappa shape index (κ2) is 8.95. The molecule has 0 bridgehead atoms. The van der Waals surface area contributed by atoms with Gasteiger partial charge in [0, 0.05) is 19.6 Å². The third kappa shape index (κ3) is 8.15. The van der Waals surface area contributed by atoms with E-state index in [4.69, 9.17) is 19.9 Å². The Morgan fingerprint density at radius 2 is 1.65 bits per heavy atom. The maximum Gasteiger partial charge on any atom is 0.119 e. The predicted octanol–water partition coefficient (Wildman–Crippen LogP) is 2.75. The predicted molar refractivity (Wildman–Crippen MR) is 81.0 cm³/mol. The highest BCUT2D eigenvalue weighted by Gasteiger charge is 2.08. The molecule has 0 aliphatic heterocycles. The van der Waals surface area contributed by atoms with E-state index in [9.17, 15) is 0 Å². The Kier molecular flexibility index (Phi) is 7.59. The summed E-state index contributed by atoms with van der Waals surface area (Å²) in [7, 11) is 0. The quantitative estimate of drug-likeness (QED) is 0.707. The Morgan fingerprint density at radius 3 is 2.25 bits per heavy atom. The summed E-state index contributed by atoms with van der Waals surface area (Å²) in [5.41, 5.74) is 6.55. The molecule has 1 aromatic rings. The van der Waals surface area contributed by atoms with Gasteiger partial charge in [0.05, 0.1) is 25.4 Å². The van der Waals surface area contributed by atoms with Crippen molar-refractivity contribution in [3.05, 3.63) is 29.8 Å². The van der Waals surface area contributed by atoms with Crippen LogP contribution in [0.15, 0.2) is 24.3 Å². The van der Waals surface area contributed by atoms with E-state index in [1.165, 1.54) is 0 Å². The Bertz CT molecular complexity index is 357. The summed E-state index contributed by atoms with van der Waals surface area (Å²) < 4.78 is 16.7. The Balaban J connectivity index is 1.99. The van der Waals surface area contributed by atoms with Crippen LogP contribution in [0.1, 0.15) is 32.8 Å². The van der Waals surface area contributed by atoms with Gasteiger partial charge >= 0.3 is 0 Å². The van der Waals surface area contributed by atoms with Crippen LogP contribution in [0.4, 0.5) is 0 Å². The van der Waals surface area contributed by atoms with Gasteiger partial charge in [-0.3, -0.25) is 0 Å². The van der Waals surface area contributed by atoms with E-state index in [-0.39, 0.29) is 5.60 Å². The molecule has 0 saturated heterocycles. The van der Waals surface area contributed by atoms with Gasteiger partial charge in [-0.05, 0) is 38.5 Å². The van der Waals surface area contributed by atoms with Crippen molar-refractivity contribution in [3.8, 4) is 5.75 Å². The average Bonchev–Trinajstić information content (AvgIpc) is 2.41. The summed E-state index contributed by atoms with van der Waals surface area (Å²) in [6.07, 6.45) is 0.869. The lowest BCUT2D eigenvalue weighted by molar-refractivity contribution is -0.0357. The van der Waals surface area contributed by atoms with Gasteiger partial charge in [0.2, 0.25) is 0 Å². The highest BCUT2D eigenvalue weighted by Crippen LogP contribution is 2.12. The first-order valence-electron chi connectivity index (χ1n) is 7.15. The van der Waals surface area contributed by atoms with Crippen molar-refractivity contribution in [3.63, 3.8) is 0 Å². The number of rotatable bonds is 9. The first kappa shape index (κ1) is 17.0. The van der Waals surface area contributed by atoms with Crippen LogP contribution in [-0.2, 0) is 16.0 Å². The molecule has 0 atom stereocenters. The van der Waals surface area contributed by atoms with Gasteiger partial charge in [-0.1, -0.05) is 12.1 Å². The highest BCUT2D eigenvalue weighted by molar-refractivity contribution is 5.26. The smallest absolute Gasteiger partial charge is 0.119 e. The van der Waals surface area contributed by atoms with Gasteiger partial charge in [0.1, 0.15) is 5.75 Å². The van der Waals surface area contributed by atoms with Crippen LogP contribution >= 0.6 is 0 Å². The standard InChI is InChI=1S/C16H27NO3/c1-16(2,3)20-12-11-18-9-4-10-19-15-7-5-14(13-17)6-8-15/h5-8H,4,9-13,17H2,1-3H3. The Morgan fingerprint density at radius 1 is 0.950 bits per heavy atom. The van der Waals surface area contributed by atoms with E-state index >= 15 is 0 Å². The van der Waals surface area contributed by atoms with Gasteiger partial charge in [0.25, 0.3) is 0 Å². The highest BCUT2D eigenvalue weighted by atomic mass is 16.5. The molecule has 0 heterocycles. The maximum absolute atomic E-state index is 5.61. The topological polar surface area (TPSA) is 53.7 Å². The molecule has 4 nitrogen and oxygen atoms in total. The van der Waals surface area contributed by atoms with Gasteiger partial charge < -0.3 is 19.9 Å². The van der Waals surface area contributed by atoms with E-state index in [0.717, 1.165) is 17.7 Å². The molecule has 1 aromatic carbocycles. The van der Waals surface area contributed by atoms with E-state index in [1.807, 2.05) is 45.0 Å². The SMILES string of the molecule is CC(C)(C)OCCOCCCOc1ccc(CN)cc1. The molecular formula is C16H27NO3. The van der Waals surface area contributed by atoms with Crippen molar-refractivity contribution in [1.82, 2.24) is 0 Å². The second-order valence-electron chi connectivity index (χ2n) is 5.62. The monoisotopic (exact) mass is 281 g/mol. The lowest BCUT2D eigenvalue weighted by atomic mass is 10.2. The van der Waals surface area contributed by atoms with Crippen molar-refractivity contribution in [2.75, 3.05) is 26.4 Å². The van der Waals surface area contributed by atoms with Gasteiger partial charge in [-0.25, -0.2) is 0 Å². The molecule has 0 aliphatic carbocycles. The second-order valence-corrected chi connectivity index (χ2v) is 5.62. The molecule has 4 heteroatoms. The molecule has 0 spiro atoms. The molecule has 0 amide bonds. The van der Waals surface area contributed by atoms with Crippen molar-refractivity contribution < 1.29 is 14.2 Å². The van der Waals surface area contributed by atoms with Crippen molar-refractivity contribution in [2.45, 2.75) is 39.3 Å². The summed E-state index contributed by atoms with van der Waals surface area (Å²) in [5, 5.41) is 0. The molecule has 0 saturated carbocycles. The Hall–Kier alpha value is -1.10. The molecule has 0 unspecified atom stereocenters. The van der Waals surface area contributed by atoms with Crippen LogP contribution in [0.5, 0.6) is 5.75 Å². The molecule has 0 aliphatic rings. The maximum atomic E-state index is 5.61. The molecular weight excluding hydrogens is 254 g/mol. The van der Waals surface area contributed by atoms with Crippen LogP contribution in [0.3, 0.4) is 0 Å². The first-order chi connectivity index (χ1) is 9.51. The fraction of sp³-hybridized carbons (Fsp3) is 0.625. The van der Waals surface area contributed by atoms with Crippen molar-refractivity contribution in [1.29, 1.82) is 0 Å². The lowest BCUT2D eigenvalue weighted by Crippen LogP contribution is -2.22. The van der Waals surface area contributed by atoms with E-state index < -0.39 is 0 Å². The third-order valence-electron chi connectivity index (χ3n) is 2.62. The number of benzene rings is 1. The molecule has 0 fully saturated rings. The van der Waals surface area contributed by atoms with Gasteiger partial charge in [-0.2, -0.15) is 0 Å². The number of hydrogen-bond donors (Lipinski definition) is 1. The zero-order chi connectivity index (χ0) is 14.8. The van der Waals surface area contributed by atoms with E-state index in [0.29, 0.717) is 33.0 Å². The summed E-state index contributed by atoms with van der Waals surface area (Å²) in [5.74, 6) is 0.873. The molecule has 0 radical (unpaired) electrons. The number of ether oxygens (including phenoxy) is 3. The van der Waals surface area contributed by atoms with Crippen LogP contribution in [-0.4, -0.2) is 32.0 Å². The summed E-state index contributed by atoms with van der Waals surface area (Å²) in [6, 6.07) is 7.85. The zero-order valence-corrected chi connectivity index (χ0v) is 12.9. The number of nitrogens with two attached hydrogens (primary N) is 1. The van der Waals surface area contributed by atoms with Crippen LogP contribution in [0.2, 0.25) is 0 Å². The van der Waals surface area contributed by atoms with E-state index in [2.05, 4.69) is 0 Å². The number of hydrogen-bond acceptors (Lipinski definition) is 4.